The van der Waals surface area contributed by atoms with E-state index in [1.54, 1.807) is 39.0 Å². The van der Waals surface area contributed by atoms with Crippen LogP contribution in [0.2, 0.25) is 0 Å². The van der Waals surface area contributed by atoms with Crippen LogP contribution in [0.4, 0.5) is 5.95 Å². The van der Waals surface area contributed by atoms with E-state index in [2.05, 4.69) is 10.3 Å². The maximum Gasteiger partial charge on any atom is 0.248 e. The van der Waals surface area contributed by atoms with Gasteiger partial charge in [0.2, 0.25) is 11.9 Å². The zero-order valence-corrected chi connectivity index (χ0v) is 17.7. The van der Waals surface area contributed by atoms with E-state index in [-0.39, 0.29) is 0 Å². The maximum absolute atomic E-state index is 12.5. The van der Waals surface area contributed by atoms with Crippen molar-refractivity contribution < 1.29 is 19.0 Å². The van der Waals surface area contributed by atoms with E-state index in [9.17, 15) is 4.79 Å². The molecule has 0 saturated heterocycles. The lowest BCUT2D eigenvalue weighted by molar-refractivity contribution is -0.115. The van der Waals surface area contributed by atoms with E-state index < -0.39 is 11.9 Å². The highest BCUT2D eigenvalue weighted by molar-refractivity contribution is 5.95. The van der Waals surface area contributed by atoms with Crippen molar-refractivity contribution in [3.05, 3.63) is 59.3 Å². The first-order valence-electron chi connectivity index (χ1n) is 9.58. The molecule has 0 spiro atoms. The SMILES string of the molecule is COc1ccccc1-c1nc2n(n1)C(c1cccc(OC)c1OC)C(C(N)=O)=C(C)N2. The largest absolute Gasteiger partial charge is 0.496 e. The number of nitrogens with one attached hydrogen (secondary N) is 1. The number of ether oxygens (including phenoxy) is 3. The lowest BCUT2D eigenvalue weighted by Gasteiger charge is -2.29. The highest BCUT2D eigenvalue weighted by atomic mass is 16.5. The number of fused-ring (bicyclic) bond motifs is 1. The second-order valence-electron chi connectivity index (χ2n) is 6.92. The minimum absolute atomic E-state index is 0.357. The van der Waals surface area contributed by atoms with Crippen molar-refractivity contribution in [3.8, 4) is 28.6 Å². The Balaban J connectivity index is 1.95. The number of aromatic nitrogens is 3. The molecule has 3 N–H and O–H groups in total. The number of primary amides is 1. The molecule has 1 aliphatic rings. The summed E-state index contributed by atoms with van der Waals surface area (Å²) in [4.78, 5) is 17.1. The molecule has 0 bridgehead atoms. The molecule has 3 aromatic rings. The number of methoxy groups -OCH3 is 3. The summed E-state index contributed by atoms with van der Waals surface area (Å²) in [6.07, 6.45) is 0. The molecule has 160 valence electrons. The van der Waals surface area contributed by atoms with Gasteiger partial charge in [0.25, 0.3) is 0 Å². The second-order valence-corrected chi connectivity index (χ2v) is 6.92. The van der Waals surface area contributed by atoms with Gasteiger partial charge in [0.15, 0.2) is 17.3 Å². The lowest BCUT2D eigenvalue weighted by atomic mass is 9.94. The molecule has 0 fully saturated rings. The number of para-hydroxylation sites is 2. The fourth-order valence-electron chi connectivity index (χ4n) is 3.83. The Morgan fingerprint density at radius 3 is 2.42 bits per heavy atom. The summed E-state index contributed by atoms with van der Waals surface area (Å²) in [5, 5.41) is 7.85. The first-order chi connectivity index (χ1) is 15.0. The van der Waals surface area contributed by atoms with Crippen molar-refractivity contribution in [3.63, 3.8) is 0 Å². The Morgan fingerprint density at radius 1 is 1.03 bits per heavy atom. The number of anilines is 1. The fraction of sp³-hybridized carbons (Fsp3) is 0.227. The van der Waals surface area contributed by atoms with Gasteiger partial charge in [-0.25, -0.2) is 4.68 Å². The van der Waals surface area contributed by atoms with Gasteiger partial charge >= 0.3 is 0 Å². The van der Waals surface area contributed by atoms with Gasteiger partial charge in [-0.05, 0) is 25.1 Å². The van der Waals surface area contributed by atoms with Crippen LogP contribution >= 0.6 is 0 Å². The van der Waals surface area contributed by atoms with Gasteiger partial charge in [0.1, 0.15) is 11.8 Å². The van der Waals surface area contributed by atoms with Gasteiger partial charge in [-0.15, -0.1) is 5.10 Å². The van der Waals surface area contributed by atoms with Crippen LogP contribution in [0.15, 0.2) is 53.7 Å². The normalized spacial score (nSPS) is 15.2. The quantitative estimate of drug-likeness (QED) is 0.629. The van der Waals surface area contributed by atoms with Gasteiger partial charge < -0.3 is 25.3 Å². The maximum atomic E-state index is 12.5. The van der Waals surface area contributed by atoms with E-state index in [1.165, 1.54) is 0 Å². The monoisotopic (exact) mass is 421 g/mol. The van der Waals surface area contributed by atoms with Crippen LogP contribution in [0.1, 0.15) is 18.5 Å². The highest BCUT2D eigenvalue weighted by Gasteiger charge is 2.36. The summed E-state index contributed by atoms with van der Waals surface area (Å²) in [7, 11) is 4.69. The molecule has 0 aliphatic carbocycles. The molecule has 1 aromatic heterocycles. The number of nitrogens with zero attached hydrogens (tertiary/aromatic N) is 3. The van der Waals surface area contributed by atoms with E-state index >= 15 is 0 Å². The van der Waals surface area contributed by atoms with Crippen LogP contribution in [0, 0.1) is 0 Å². The Hall–Kier alpha value is -4.01. The third-order valence-electron chi connectivity index (χ3n) is 5.19. The van der Waals surface area contributed by atoms with Gasteiger partial charge in [-0.3, -0.25) is 4.79 Å². The Morgan fingerprint density at radius 2 is 1.74 bits per heavy atom. The zero-order chi connectivity index (χ0) is 22.1. The molecule has 4 rings (SSSR count). The third-order valence-corrected chi connectivity index (χ3v) is 5.19. The molecule has 1 aliphatic heterocycles. The van der Waals surface area contributed by atoms with Crippen molar-refractivity contribution in [2.24, 2.45) is 5.73 Å². The molecular weight excluding hydrogens is 398 g/mol. The number of rotatable bonds is 6. The lowest BCUT2D eigenvalue weighted by Crippen LogP contribution is -2.32. The first kappa shape index (κ1) is 20.3. The molecule has 1 atom stereocenters. The second kappa shape index (κ2) is 8.02. The number of carbonyl (C=O) groups is 1. The average molecular weight is 421 g/mol. The van der Waals surface area contributed by atoms with Gasteiger partial charge in [-0.2, -0.15) is 4.98 Å². The topological polar surface area (TPSA) is 114 Å². The standard InChI is InChI=1S/C22H23N5O4/c1-12-17(20(23)28)18(14-9-7-11-16(30-3)19(14)31-4)27-22(24-12)25-21(26-27)13-8-5-6-10-15(13)29-2/h5-11,18H,1-4H3,(H2,23,28)(H,24,25,26). The number of benzene rings is 2. The smallest absolute Gasteiger partial charge is 0.248 e. The van der Waals surface area contributed by atoms with Crippen LogP contribution in [0.5, 0.6) is 17.2 Å². The highest BCUT2D eigenvalue weighted by Crippen LogP contribution is 2.43. The van der Waals surface area contributed by atoms with Crippen molar-refractivity contribution in [1.82, 2.24) is 14.8 Å². The predicted molar refractivity (Wildman–Crippen MR) is 115 cm³/mol. The molecule has 9 nitrogen and oxygen atoms in total. The Labute approximate surface area is 179 Å². The van der Waals surface area contributed by atoms with E-state index in [4.69, 9.17) is 25.0 Å². The van der Waals surface area contributed by atoms with Gasteiger partial charge in [0.05, 0.1) is 32.5 Å². The summed E-state index contributed by atoms with van der Waals surface area (Å²) in [5.74, 6) is 2.01. The van der Waals surface area contributed by atoms with Crippen LogP contribution in [-0.2, 0) is 4.79 Å². The van der Waals surface area contributed by atoms with Crippen molar-refractivity contribution >= 4 is 11.9 Å². The zero-order valence-electron chi connectivity index (χ0n) is 17.7. The number of amides is 1. The van der Waals surface area contributed by atoms with Crippen LogP contribution in [-0.4, -0.2) is 42.0 Å². The predicted octanol–water partition coefficient (Wildman–Crippen LogP) is 2.75. The van der Waals surface area contributed by atoms with Crippen molar-refractivity contribution in [1.29, 1.82) is 0 Å². The Bertz CT molecular complexity index is 1180. The van der Waals surface area contributed by atoms with E-state index in [1.807, 2.05) is 36.4 Å². The molecular formula is C22H23N5O4. The number of carbonyl (C=O) groups excluding carboxylic acids is 1. The molecule has 9 heteroatoms. The summed E-state index contributed by atoms with van der Waals surface area (Å²) in [5.41, 5.74) is 8.13. The average Bonchev–Trinajstić information content (AvgIpc) is 3.20. The van der Waals surface area contributed by atoms with Gasteiger partial charge in [0, 0.05) is 11.3 Å². The van der Waals surface area contributed by atoms with Gasteiger partial charge in [-0.1, -0.05) is 24.3 Å². The molecule has 1 amide bonds. The summed E-state index contributed by atoms with van der Waals surface area (Å²) in [6, 6.07) is 12.3. The number of nitrogens with two attached hydrogens (primary N) is 1. The Kier molecular flexibility index (Phi) is 5.24. The first-order valence-corrected chi connectivity index (χ1v) is 9.58. The fourth-order valence-corrected chi connectivity index (χ4v) is 3.83. The number of hydrogen-bond acceptors (Lipinski definition) is 7. The van der Waals surface area contributed by atoms with Crippen LogP contribution in [0.3, 0.4) is 0 Å². The number of hydrogen-bond donors (Lipinski definition) is 2. The van der Waals surface area contributed by atoms with Crippen molar-refractivity contribution in [2.75, 3.05) is 26.6 Å². The van der Waals surface area contributed by atoms with Crippen LogP contribution in [0.25, 0.3) is 11.4 Å². The third kappa shape index (κ3) is 3.33. The van der Waals surface area contributed by atoms with Crippen molar-refractivity contribution in [2.45, 2.75) is 13.0 Å². The molecule has 0 radical (unpaired) electrons. The summed E-state index contributed by atoms with van der Waals surface area (Å²) in [6.45, 7) is 1.78. The molecule has 2 aromatic carbocycles. The van der Waals surface area contributed by atoms with E-state index in [0.29, 0.717) is 45.9 Å². The molecule has 1 unspecified atom stereocenters. The van der Waals surface area contributed by atoms with Crippen LogP contribution < -0.4 is 25.3 Å². The summed E-state index contributed by atoms with van der Waals surface area (Å²) >= 11 is 0. The summed E-state index contributed by atoms with van der Waals surface area (Å²) < 4.78 is 18.2. The number of allylic oxidation sites excluding steroid dienone is 1. The molecule has 0 saturated carbocycles. The molecule has 2 heterocycles. The minimum atomic E-state index is -0.658. The van der Waals surface area contributed by atoms with E-state index in [0.717, 1.165) is 5.56 Å². The minimum Gasteiger partial charge on any atom is -0.496 e. The molecule has 31 heavy (non-hydrogen) atoms.